The number of hydrogen-bond acceptors (Lipinski definition) is 4. The summed E-state index contributed by atoms with van der Waals surface area (Å²) in [7, 11) is 0. The average molecular weight is 407 g/mol. The zero-order valence-electron chi connectivity index (χ0n) is 15.2. The number of nitrogens with one attached hydrogen (secondary N) is 3. The monoisotopic (exact) mass is 407 g/mol. The van der Waals surface area contributed by atoms with E-state index in [9.17, 15) is 23.2 Å². The first-order valence-electron chi connectivity index (χ1n) is 8.85. The van der Waals surface area contributed by atoms with Crippen molar-refractivity contribution < 1.29 is 23.2 Å². The lowest BCUT2D eigenvalue weighted by atomic mass is 10.0. The molecule has 1 aliphatic rings. The van der Waals surface area contributed by atoms with E-state index < -0.39 is 34.9 Å². The summed E-state index contributed by atoms with van der Waals surface area (Å²) in [4.78, 5) is 37.2. The molecule has 148 valence electrons. The predicted octanol–water partition coefficient (Wildman–Crippen LogP) is 3.33. The minimum atomic E-state index is -0.986. The Morgan fingerprint density at radius 3 is 2.29 bits per heavy atom. The van der Waals surface area contributed by atoms with Gasteiger partial charge >= 0.3 is 0 Å². The van der Waals surface area contributed by atoms with Gasteiger partial charge in [-0.15, -0.1) is 11.3 Å². The lowest BCUT2D eigenvalue weighted by Gasteiger charge is -2.10. The smallest absolute Gasteiger partial charge is 0.272 e. The molecule has 3 rings (SSSR count). The Morgan fingerprint density at radius 1 is 0.929 bits per heavy atom. The van der Waals surface area contributed by atoms with Crippen LogP contribution in [0.15, 0.2) is 18.2 Å². The van der Waals surface area contributed by atoms with Gasteiger partial charge in [-0.3, -0.25) is 25.2 Å². The Bertz CT molecular complexity index is 922. The molecule has 0 bridgehead atoms. The fourth-order valence-corrected chi connectivity index (χ4v) is 4.44. The maximum Gasteiger partial charge on any atom is 0.272 e. The van der Waals surface area contributed by atoms with Crippen LogP contribution in [0, 0.1) is 11.6 Å². The molecule has 28 heavy (non-hydrogen) atoms. The quantitative estimate of drug-likeness (QED) is 0.539. The molecule has 1 aromatic carbocycles. The third-order valence-electron chi connectivity index (χ3n) is 4.42. The third kappa shape index (κ3) is 4.19. The summed E-state index contributed by atoms with van der Waals surface area (Å²) < 4.78 is 27.9. The van der Waals surface area contributed by atoms with Gasteiger partial charge in [0, 0.05) is 11.8 Å². The van der Waals surface area contributed by atoms with Crippen LogP contribution < -0.4 is 16.2 Å². The zero-order valence-corrected chi connectivity index (χ0v) is 16.0. The molecule has 0 aliphatic heterocycles. The van der Waals surface area contributed by atoms with E-state index in [1.807, 2.05) is 0 Å². The van der Waals surface area contributed by atoms with E-state index in [2.05, 4.69) is 16.2 Å². The number of rotatable bonds is 3. The largest absolute Gasteiger partial charge is 0.313 e. The van der Waals surface area contributed by atoms with E-state index in [1.165, 1.54) is 24.3 Å². The molecule has 0 fully saturated rings. The molecule has 0 radical (unpaired) electrons. The van der Waals surface area contributed by atoms with E-state index >= 15 is 0 Å². The van der Waals surface area contributed by atoms with E-state index in [4.69, 9.17) is 0 Å². The minimum absolute atomic E-state index is 0.211. The average Bonchev–Trinajstić information content (AvgIpc) is 2.80. The Hall–Kier alpha value is -2.81. The van der Waals surface area contributed by atoms with Gasteiger partial charge in [0.05, 0.1) is 5.56 Å². The molecule has 2 aromatic rings. The molecular formula is C19H19F2N3O3S. The van der Waals surface area contributed by atoms with Crippen LogP contribution in [0.2, 0.25) is 0 Å². The lowest BCUT2D eigenvalue weighted by molar-refractivity contribution is -0.119. The summed E-state index contributed by atoms with van der Waals surface area (Å²) in [6.07, 6.45) is 4.27. The first-order chi connectivity index (χ1) is 13.4. The van der Waals surface area contributed by atoms with Gasteiger partial charge in [-0.2, -0.15) is 0 Å². The van der Waals surface area contributed by atoms with Crippen molar-refractivity contribution in [1.29, 1.82) is 0 Å². The van der Waals surface area contributed by atoms with Crippen molar-refractivity contribution in [3.05, 3.63) is 51.4 Å². The highest BCUT2D eigenvalue weighted by molar-refractivity contribution is 7.17. The number of benzene rings is 1. The summed E-state index contributed by atoms with van der Waals surface area (Å²) in [6.45, 7) is 1.25. The number of carbonyl (C=O) groups is 3. The molecule has 3 amide bonds. The van der Waals surface area contributed by atoms with Gasteiger partial charge in [0.25, 0.3) is 11.8 Å². The van der Waals surface area contributed by atoms with Crippen LogP contribution in [0.5, 0.6) is 0 Å². The number of thiophene rings is 1. The van der Waals surface area contributed by atoms with Gasteiger partial charge in [-0.25, -0.2) is 8.78 Å². The molecule has 1 aromatic heterocycles. The number of carbonyl (C=O) groups excluding carboxylic acids is 3. The van der Waals surface area contributed by atoms with Crippen LogP contribution in [0.3, 0.4) is 0 Å². The molecule has 0 saturated heterocycles. The summed E-state index contributed by atoms with van der Waals surface area (Å²) in [5, 5.41) is 2.69. The highest BCUT2D eigenvalue weighted by Gasteiger charge is 2.27. The van der Waals surface area contributed by atoms with Gasteiger partial charge < -0.3 is 5.32 Å². The maximum atomic E-state index is 13.9. The number of anilines is 1. The molecule has 0 saturated carbocycles. The van der Waals surface area contributed by atoms with Gasteiger partial charge in [0.2, 0.25) is 5.91 Å². The zero-order chi connectivity index (χ0) is 20.3. The molecule has 0 spiro atoms. The summed E-state index contributed by atoms with van der Waals surface area (Å²) in [5.41, 5.74) is 4.83. The van der Waals surface area contributed by atoms with Crippen molar-refractivity contribution in [3.63, 3.8) is 0 Å². The summed E-state index contributed by atoms with van der Waals surface area (Å²) in [5.74, 6) is -3.98. The molecule has 1 aliphatic carbocycles. The first-order valence-corrected chi connectivity index (χ1v) is 9.67. The molecule has 3 N–H and O–H groups in total. The van der Waals surface area contributed by atoms with Crippen LogP contribution in [-0.2, 0) is 17.6 Å². The molecule has 1 heterocycles. The second-order valence-corrected chi connectivity index (χ2v) is 7.56. The molecular weight excluding hydrogens is 388 g/mol. The minimum Gasteiger partial charge on any atom is -0.313 e. The number of hydrazine groups is 1. The number of hydrogen-bond donors (Lipinski definition) is 3. The Balaban J connectivity index is 1.96. The topological polar surface area (TPSA) is 87.3 Å². The predicted molar refractivity (Wildman–Crippen MR) is 101 cm³/mol. The fourth-order valence-electron chi connectivity index (χ4n) is 3.16. The van der Waals surface area contributed by atoms with Gasteiger partial charge in [0.15, 0.2) is 0 Å². The van der Waals surface area contributed by atoms with Crippen molar-refractivity contribution in [1.82, 2.24) is 10.9 Å². The Labute approximate surface area is 164 Å². The normalized spacial score (nSPS) is 13.2. The number of aryl methyl sites for hydroxylation is 1. The molecule has 0 unspecified atom stereocenters. The molecule has 9 heteroatoms. The second kappa shape index (κ2) is 8.47. The number of fused-ring (bicyclic) bond motifs is 1. The van der Waals surface area contributed by atoms with Crippen LogP contribution in [-0.4, -0.2) is 17.7 Å². The standard InChI is InChI=1S/C19H19F2N3O3S/c1-10(25)23-24-18(27)15-11-6-3-2-4-9-14(11)28-19(15)22-17(26)16-12(20)7-5-8-13(16)21/h5,7-8H,2-4,6,9H2,1H3,(H,22,26)(H,23,25)(H,24,27). The fraction of sp³-hybridized carbons (Fsp3) is 0.316. The van der Waals surface area contributed by atoms with E-state index in [-0.39, 0.29) is 10.6 Å². The molecule has 0 atom stereocenters. The number of halogens is 2. The first kappa shape index (κ1) is 19.9. The van der Waals surface area contributed by atoms with Crippen molar-refractivity contribution in [2.24, 2.45) is 0 Å². The van der Waals surface area contributed by atoms with E-state index in [0.29, 0.717) is 6.42 Å². The SMILES string of the molecule is CC(=O)NNC(=O)c1c(NC(=O)c2c(F)cccc2F)sc2c1CCCCC2. The van der Waals surface area contributed by atoms with Crippen LogP contribution in [0.1, 0.15) is 57.3 Å². The van der Waals surface area contributed by atoms with Crippen LogP contribution in [0.4, 0.5) is 13.8 Å². The second-order valence-electron chi connectivity index (χ2n) is 6.45. The summed E-state index contributed by atoms with van der Waals surface area (Å²) >= 11 is 1.22. The summed E-state index contributed by atoms with van der Waals surface area (Å²) in [6, 6.07) is 3.15. The maximum absolute atomic E-state index is 13.9. The van der Waals surface area contributed by atoms with Crippen molar-refractivity contribution >= 4 is 34.1 Å². The van der Waals surface area contributed by atoms with E-state index in [1.54, 1.807) is 0 Å². The van der Waals surface area contributed by atoms with E-state index in [0.717, 1.165) is 48.3 Å². The van der Waals surface area contributed by atoms with Crippen molar-refractivity contribution in [2.45, 2.75) is 39.0 Å². The van der Waals surface area contributed by atoms with Crippen LogP contribution >= 0.6 is 11.3 Å². The highest BCUT2D eigenvalue weighted by Crippen LogP contribution is 2.37. The molecule has 6 nitrogen and oxygen atoms in total. The highest BCUT2D eigenvalue weighted by atomic mass is 32.1. The van der Waals surface area contributed by atoms with Gasteiger partial charge in [0.1, 0.15) is 22.2 Å². The van der Waals surface area contributed by atoms with Gasteiger partial charge in [-0.05, 0) is 43.4 Å². The Morgan fingerprint density at radius 2 is 1.61 bits per heavy atom. The van der Waals surface area contributed by atoms with Crippen LogP contribution in [0.25, 0.3) is 0 Å². The van der Waals surface area contributed by atoms with Gasteiger partial charge in [-0.1, -0.05) is 12.5 Å². The number of amides is 3. The lowest BCUT2D eigenvalue weighted by Crippen LogP contribution is -2.40. The third-order valence-corrected chi connectivity index (χ3v) is 5.62. The Kier molecular flexibility index (Phi) is 6.03. The van der Waals surface area contributed by atoms with Crippen molar-refractivity contribution in [2.75, 3.05) is 5.32 Å². The van der Waals surface area contributed by atoms with Crippen molar-refractivity contribution in [3.8, 4) is 0 Å².